The summed E-state index contributed by atoms with van der Waals surface area (Å²) in [4.78, 5) is 0. The molecule has 0 saturated heterocycles. The van der Waals surface area contributed by atoms with E-state index >= 15 is 0 Å². The second kappa shape index (κ2) is 1.80. The Morgan fingerprint density at radius 3 is 2.00 bits per heavy atom. The van der Waals surface area contributed by atoms with Gasteiger partial charge in [-0.05, 0) is 0 Å². The van der Waals surface area contributed by atoms with Crippen LogP contribution in [0.25, 0.3) is 0 Å². The van der Waals surface area contributed by atoms with Crippen LogP contribution in [0.1, 0.15) is 0 Å². The Morgan fingerprint density at radius 1 is 2.00 bits per heavy atom. The molecule has 0 aromatic carbocycles. The van der Waals surface area contributed by atoms with Crippen molar-refractivity contribution in [2.24, 2.45) is 5.64 Å². The molecule has 1 unspecified atom stereocenters. The monoisotopic (exact) mass is 73.0 g/mol. The van der Waals surface area contributed by atoms with Crippen LogP contribution >= 0.6 is 9.12 Å². The van der Waals surface area contributed by atoms with Gasteiger partial charge in [-0.15, -0.1) is 0 Å². The van der Waals surface area contributed by atoms with Gasteiger partial charge in [-0.2, -0.15) is 9.12 Å². The highest BCUT2D eigenvalue weighted by molar-refractivity contribution is 7.71. The highest BCUT2D eigenvalue weighted by Crippen LogP contribution is 1.69. The molecule has 4 heteroatoms. The average molecular weight is 72.7 g/mol. The fourth-order valence-electron chi connectivity index (χ4n) is 0. The molecule has 0 saturated carbocycles. The maximum absolute atomic E-state index is 5.07. The van der Waals surface area contributed by atoms with E-state index in [-0.39, 0.29) is 6.46 Å². The van der Waals surface area contributed by atoms with Gasteiger partial charge in [0.25, 0.3) is 0 Å². The lowest BCUT2D eigenvalue weighted by Crippen LogP contribution is -2.15. The summed E-state index contributed by atoms with van der Waals surface area (Å²) in [5.74, 6) is 0. The van der Waals surface area contributed by atoms with Crippen molar-refractivity contribution in [3.05, 3.63) is 0 Å². The molecule has 2 N–H and O–H groups in total. The first kappa shape index (κ1) is 4.52. The van der Waals surface area contributed by atoms with Gasteiger partial charge in [0.05, 0.1) is 7.74 Å². The molecule has 0 aromatic heterocycles. The van der Waals surface area contributed by atoms with Crippen molar-refractivity contribution in [1.82, 2.24) is 0 Å². The maximum atomic E-state index is 5.07. The summed E-state index contributed by atoms with van der Waals surface area (Å²) in [5.41, 5.74) is 5.07. The second-order valence-corrected chi connectivity index (χ2v) is 1.91. The summed E-state index contributed by atoms with van der Waals surface area (Å²) >= 11 is 0. The molecule has 0 rings (SSSR count). The summed E-state index contributed by atoms with van der Waals surface area (Å²) in [5, 5.41) is 0. The molecule has 22 valence electrons. The summed E-state index contributed by atoms with van der Waals surface area (Å²) in [6.45, 7) is 0.250. The zero-order valence-corrected chi connectivity index (χ0v) is 3.89. The van der Waals surface area contributed by atoms with E-state index in [1.165, 1.54) is 0 Å². The number of rotatable bonds is 0. The molecule has 0 spiro atoms. The lowest BCUT2D eigenvalue weighted by atomic mass is 9.66. The number of hydrogen-bond donors (Lipinski definition) is 1. The van der Waals surface area contributed by atoms with Crippen LogP contribution in [0.5, 0.6) is 0 Å². The minimum absolute atomic E-state index is 0.250. The van der Waals surface area contributed by atoms with E-state index in [2.05, 4.69) is 9.12 Å². The molecule has 0 heterocycles. The Balaban J connectivity index is 2.32. The largest absolute Gasteiger partial charge is 0.373 e. The third-order valence-electron chi connectivity index (χ3n) is 0. The van der Waals surface area contributed by atoms with Crippen molar-refractivity contribution in [1.29, 1.82) is 0 Å². The van der Waals surface area contributed by atoms with Gasteiger partial charge in [-0.1, -0.05) is 0 Å². The van der Waals surface area contributed by atoms with Crippen molar-refractivity contribution in [3.63, 3.8) is 0 Å². The Hall–Kier alpha value is 0.520. The molecular formula is H6B2NP. The van der Waals surface area contributed by atoms with Gasteiger partial charge < -0.3 is 5.64 Å². The Kier molecular flexibility index (Phi) is 2.04. The van der Waals surface area contributed by atoms with Crippen molar-refractivity contribution >= 4 is 23.3 Å². The molecule has 0 bridgehead atoms. The zero-order chi connectivity index (χ0) is 3.58. The van der Waals surface area contributed by atoms with Crippen LogP contribution < -0.4 is 5.64 Å². The molecule has 4 heavy (non-hydrogen) atoms. The molecule has 0 aliphatic carbocycles. The Labute approximate surface area is 30.0 Å². The minimum Gasteiger partial charge on any atom is -0.373 e. The molecule has 1 nitrogen and oxygen atoms in total. The van der Waals surface area contributed by atoms with Gasteiger partial charge in [0, 0.05) is 0 Å². The second-order valence-electron chi connectivity index (χ2n) is 0.859. The highest BCUT2D eigenvalue weighted by Gasteiger charge is 1.77. The van der Waals surface area contributed by atoms with Crippen molar-refractivity contribution in [3.8, 4) is 0 Å². The normalized spacial score (nSPS) is 6.50. The average Bonchev–Trinajstić information content (AvgIpc) is 0.811. The standard InChI is InChI=1S/B2H6NP/c1-2(3)4/h1,3-4H2. The Morgan fingerprint density at radius 2 is 2.00 bits per heavy atom. The summed E-state index contributed by atoms with van der Waals surface area (Å²) in [6, 6.07) is 0. The molecule has 0 fully saturated rings. The third kappa shape index (κ3) is 21.5. The van der Waals surface area contributed by atoms with E-state index < -0.39 is 0 Å². The first-order valence-electron chi connectivity index (χ1n) is 1.24. The third-order valence-corrected chi connectivity index (χ3v) is 0. The van der Waals surface area contributed by atoms with Crippen LogP contribution in [-0.2, 0) is 0 Å². The highest BCUT2D eigenvalue weighted by atomic mass is 31.0. The number of hydrogen-bond acceptors (Lipinski definition) is 1. The lowest BCUT2D eigenvalue weighted by Gasteiger charge is -1.73. The van der Waals surface area contributed by atoms with Crippen LogP contribution in [0, 0.1) is 0 Å². The topological polar surface area (TPSA) is 26.0 Å². The predicted octanol–water partition coefficient (Wildman–Crippen LogP) is -1.56. The van der Waals surface area contributed by atoms with Gasteiger partial charge in [-0.3, -0.25) is 0 Å². The summed E-state index contributed by atoms with van der Waals surface area (Å²) in [7, 11) is 4.34. The number of nitrogens with two attached hydrogens (primary N) is 1. The molecule has 0 amide bonds. The quantitative estimate of drug-likeness (QED) is 0.272. The lowest BCUT2D eigenvalue weighted by molar-refractivity contribution is 1.96. The van der Waals surface area contributed by atoms with Gasteiger partial charge in [0.15, 0.2) is 6.46 Å². The SMILES string of the molecule is BB(N)P. The van der Waals surface area contributed by atoms with E-state index in [1.54, 1.807) is 0 Å². The molecule has 0 aromatic rings. The van der Waals surface area contributed by atoms with Crippen LogP contribution in [-0.4, -0.2) is 14.2 Å². The van der Waals surface area contributed by atoms with Crippen LogP contribution in [0.4, 0.5) is 0 Å². The fraction of sp³-hybridized carbons (Fsp3) is 0. The van der Waals surface area contributed by atoms with Gasteiger partial charge in [0.1, 0.15) is 0 Å². The van der Waals surface area contributed by atoms with E-state index in [0.717, 1.165) is 0 Å². The van der Waals surface area contributed by atoms with Crippen molar-refractivity contribution < 1.29 is 0 Å². The predicted molar refractivity (Wildman–Crippen MR) is 28.2 cm³/mol. The first-order chi connectivity index (χ1) is 1.73. The van der Waals surface area contributed by atoms with Crippen LogP contribution in [0.3, 0.4) is 0 Å². The van der Waals surface area contributed by atoms with E-state index in [0.29, 0.717) is 0 Å². The summed E-state index contributed by atoms with van der Waals surface area (Å²) < 4.78 is 0. The van der Waals surface area contributed by atoms with Gasteiger partial charge in [-0.25, -0.2) is 0 Å². The van der Waals surface area contributed by atoms with Crippen LogP contribution in [0.2, 0.25) is 0 Å². The van der Waals surface area contributed by atoms with E-state index in [9.17, 15) is 0 Å². The van der Waals surface area contributed by atoms with E-state index in [1.807, 2.05) is 7.74 Å². The summed E-state index contributed by atoms with van der Waals surface area (Å²) in [6.07, 6.45) is 0. The first-order valence-corrected chi connectivity index (χ1v) is 1.91. The molecular weight excluding hydrogens is 66.6 g/mol. The minimum atomic E-state index is 0.250. The smallest absolute Gasteiger partial charge is 0.195 e. The van der Waals surface area contributed by atoms with E-state index in [4.69, 9.17) is 5.64 Å². The maximum Gasteiger partial charge on any atom is 0.195 e. The van der Waals surface area contributed by atoms with Gasteiger partial charge >= 0.3 is 0 Å². The fourth-order valence-corrected chi connectivity index (χ4v) is 0. The van der Waals surface area contributed by atoms with Gasteiger partial charge in [0.2, 0.25) is 0 Å². The molecule has 0 aliphatic rings. The molecule has 1 atom stereocenters. The zero-order valence-electron chi connectivity index (χ0n) is 2.73. The molecule has 0 aliphatic heterocycles. The van der Waals surface area contributed by atoms with Crippen molar-refractivity contribution in [2.45, 2.75) is 0 Å². The molecule has 0 radical (unpaired) electrons. The van der Waals surface area contributed by atoms with Crippen molar-refractivity contribution in [2.75, 3.05) is 0 Å². The Bertz CT molecular complexity index is 10.8. The van der Waals surface area contributed by atoms with Crippen LogP contribution in [0.15, 0.2) is 0 Å².